The third-order valence-corrected chi connectivity index (χ3v) is 3.80. The molecule has 1 N–H and O–H groups in total. The summed E-state index contributed by atoms with van der Waals surface area (Å²) < 4.78 is 32.0. The van der Waals surface area contributed by atoms with Crippen LogP contribution in [0, 0.1) is 17.0 Å². The quantitative estimate of drug-likeness (QED) is 0.887. The van der Waals surface area contributed by atoms with Crippen molar-refractivity contribution in [3.05, 3.63) is 35.4 Å². The molecule has 0 spiro atoms. The van der Waals surface area contributed by atoms with Gasteiger partial charge in [0.2, 0.25) is 0 Å². The second-order valence-electron chi connectivity index (χ2n) is 5.35. The van der Waals surface area contributed by atoms with E-state index in [1.165, 1.54) is 12.1 Å². The molecule has 4 heteroatoms. The minimum atomic E-state index is -0.499. The number of ether oxygens (including phenoxy) is 1. The van der Waals surface area contributed by atoms with Crippen LogP contribution in [-0.4, -0.2) is 26.3 Å². The van der Waals surface area contributed by atoms with E-state index < -0.39 is 11.6 Å². The van der Waals surface area contributed by atoms with Crippen molar-refractivity contribution in [2.24, 2.45) is 5.41 Å². The zero-order valence-corrected chi connectivity index (χ0v) is 11.3. The van der Waals surface area contributed by atoms with Crippen molar-refractivity contribution in [2.75, 3.05) is 26.3 Å². The third-order valence-electron chi connectivity index (χ3n) is 3.80. The van der Waals surface area contributed by atoms with E-state index in [4.69, 9.17) is 4.74 Å². The molecule has 19 heavy (non-hydrogen) atoms. The van der Waals surface area contributed by atoms with E-state index in [9.17, 15) is 8.78 Å². The summed E-state index contributed by atoms with van der Waals surface area (Å²) >= 11 is 0. The van der Waals surface area contributed by atoms with Crippen molar-refractivity contribution in [3.8, 4) is 0 Å². The standard InChI is InChI=1S/C15H21F2NO/c1-2-18-11-15(3-5-19-6-4-15)10-12-7-13(16)9-14(17)8-12/h7-9,18H,2-6,10-11H2,1H3. The smallest absolute Gasteiger partial charge is 0.126 e. The fourth-order valence-corrected chi connectivity index (χ4v) is 2.76. The fourth-order valence-electron chi connectivity index (χ4n) is 2.76. The summed E-state index contributed by atoms with van der Waals surface area (Å²) in [5, 5.41) is 3.37. The molecule has 1 saturated heterocycles. The fraction of sp³-hybridized carbons (Fsp3) is 0.600. The van der Waals surface area contributed by atoms with E-state index in [1.807, 2.05) is 0 Å². The molecular weight excluding hydrogens is 248 g/mol. The lowest BCUT2D eigenvalue weighted by molar-refractivity contribution is 0.0151. The minimum Gasteiger partial charge on any atom is -0.381 e. The van der Waals surface area contributed by atoms with E-state index in [0.29, 0.717) is 6.42 Å². The maximum Gasteiger partial charge on any atom is 0.126 e. The Bertz CT molecular complexity index is 396. The van der Waals surface area contributed by atoms with Crippen LogP contribution < -0.4 is 5.32 Å². The first kappa shape index (κ1) is 14.4. The third kappa shape index (κ3) is 3.98. The molecule has 1 heterocycles. The monoisotopic (exact) mass is 269 g/mol. The molecule has 1 aromatic rings. The highest BCUT2D eigenvalue weighted by molar-refractivity contribution is 5.20. The van der Waals surface area contributed by atoms with Crippen molar-refractivity contribution in [1.82, 2.24) is 5.32 Å². The second-order valence-corrected chi connectivity index (χ2v) is 5.35. The molecule has 0 unspecified atom stereocenters. The molecule has 0 saturated carbocycles. The van der Waals surface area contributed by atoms with E-state index in [1.54, 1.807) is 0 Å². The van der Waals surface area contributed by atoms with Crippen molar-refractivity contribution in [2.45, 2.75) is 26.2 Å². The Hall–Kier alpha value is -1.00. The molecule has 0 aliphatic carbocycles. The van der Waals surface area contributed by atoms with Gasteiger partial charge in [0.05, 0.1) is 0 Å². The molecule has 0 bridgehead atoms. The highest BCUT2D eigenvalue weighted by Crippen LogP contribution is 2.34. The average Bonchev–Trinajstić information content (AvgIpc) is 2.36. The van der Waals surface area contributed by atoms with Crippen molar-refractivity contribution in [1.29, 1.82) is 0 Å². The molecule has 2 rings (SSSR count). The zero-order valence-electron chi connectivity index (χ0n) is 11.3. The lowest BCUT2D eigenvalue weighted by Crippen LogP contribution is -2.40. The molecule has 2 nitrogen and oxygen atoms in total. The van der Waals surface area contributed by atoms with Crippen molar-refractivity contribution in [3.63, 3.8) is 0 Å². The van der Waals surface area contributed by atoms with Gasteiger partial charge in [0.1, 0.15) is 11.6 Å². The molecule has 1 aromatic carbocycles. The van der Waals surface area contributed by atoms with Crippen LogP contribution in [-0.2, 0) is 11.2 Å². The first-order valence-electron chi connectivity index (χ1n) is 6.87. The lowest BCUT2D eigenvalue weighted by atomic mass is 9.75. The van der Waals surface area contributed by atoms with Gasteiger partial charge in [-0.15, -0.1) is 0 Å². The Morgan fingerprint density at radius 3 is 2.37 bits per heavy atom. The molecule has 1 aliphatic heterocycles. The molecule has 0 radical (unpaired) electrons. The van der Waals surface area contributed by atoms with Crippen LogP contribution in [0.15, 0.2) is 18.2 Å². The van der Waals surface area contributed by atoms with E-state index in [-0.39, 0.29) is 5.41 Å². The van der Waals surface area contributed by atoms with Gasteiger partial charge in [0.15, 0.2) is 0 Å². The van der Waals surface area contributed by atoms with Gasteiger partial charge in [0.25, 0.3) is 0 Å². The Morgan fingerprint density at radius 2 is 1.79 bits per heavy atom. The lowest BCUT2D eigenvalue weighted by Gasteiger charge is -2.37. The van der Waals surface area contributed by atoms with Gasteiger partial charge in [-0.2, -0.15) is 0 Å². The van der Waals surface area contributed by atoms with Crippen LogP contribution in [0.5, 0.6) is 0 Å². The number of hydrogen-bond acceptors (Lipinski definition) is 2. The van der Waals surface area contributed by atoms with E-state index in [0.717, 1.165) is 50.8 Å². The van der Waals surface area contributed by atoms with Gasteiger partial charge in [-0.1, -0.05) is 6.92 Å². The first-order chi connectivity index (χ1) is 9.13. The summed E-state index contributed by atoms with van der Waals surface area (Å²) in [4.78, 5) is 0. The molecule has 0 atom stereocenters. The topological polar surface area (TPSA) is 21.3 Å². The summed E-state index contributed by atoms with van der Waals surface area (Å²) in [6.07, 6.45) is 2.55. The maximum atomic E-state index is 13.3. The normalized spacial score (nSPS) is 18.5. The number of rotatable bonds is 5. The molecule has 1 fully saturated rings. The van der Waals surface area contributed by atoms with Crippen LogP contribution in [0.4, 0.5) is 8.78 Å². The Morgan fingerprint density at radius 1 is 1.16 bits per heavy atom. The second kappa shape index (κ2) is 6.44. The van der Waals surface area contributed by atoms with Gasteiger partial charge >= 0.3 is 0 Å². The van der Waals surface area contributed by atoms with Crippen molar-refractivity contribution >= 4 is 0 Å². The minimum absolute atomic E-state index is 0.0501. The van der Waals surface area contributed by atoms with Gasteiger partial charge < -0.3 is 10.1 Å². The predicted molar refractivity (Wildman–Crippen MR) is 71.1 cm³/mol. The SMILES string of the molecule is CCNCC1(Cc2cc(F)cc(F)c2)CCOCC1. The summed E-state index contributed by atoms with van der Waals surface area (Å²) in [5.74, 6) is -0.999. The number of benzene rings is 1. The van der Waals surface area contributed by atoms with Crippen LogP contribution in [0.2, 0.25) is 0 Å². The molecule has 1 aliphatic rings. The van der Waals surface area contributed by atoms with Crippen molar-refractivity contribution < 1.29 is 13.5 Å². The number of hydrogen-bond donors (Lipinski definition) is 1. The Labute approximate surface area is 113 Å². The molecule has 0 amide bonds. The average molecular weight is 269 g/mol. The van der Waals surface area contributed by atoms with Crippen LogP contribution >= 0.6 is 0 Å². The first-order valence-corrected chi connectivity index (χ1v) is 6.87. The highest BCUT2D eigenvalue weighted by atomic mass is 19.1. The van der Waals surface area contributed by atoms with Gasteiger partial charge in [-0.25, -0.2) is 8.78 Å². The highest BCUT2D eigenvalue weighted by Gasteiger charge is 2.32. The summed E-state index contributed by atoms with van der Waals surface area (Å²) in [7, 11) is 0. The Balaban J connectivity index is 2.14. The zero-order chi connectivity index (χ0) is 13.7. The van der Waals surface area contributed by atoms with E-state index >= 15 is 0 Å². The summed E-state index contributed by atoms with van der Waals surface area (Å²) in [5.41, 5.74) is 0.784. The van der Waals surface area contributed by atoms with E-state index in [2.05, 4.69) is 12.2 Å². The maximum absolute atomic E-state index is 13.3. The van der Waals surface area contributed by atoms with Crippen LogP contribution in [0.25, 0.3) is 0 Å². The Kier molecular flexibility index (Phi) is 4.88. The van der Waals surface area contributed by atoms with Gasteiger partial charge in [0, 0.05) is 25.8 Å². The van der Waals surface area contributed by atoms with Crippen LogP contribution in [0.3, 0.4) is 0 Å². The number of halogens is 2. The predicted octanol–water partition coefficient (Wildman–Crippen LogP) is 2.91. The molecule has 0 aromatic heterocycles. The summed E-state index contributed by atoms with van der Waals surface area (Å²) in [6, 6.07) is 3.79. The largest absolute Gasteiger partial charge is 0.381 e. The van der Waals surface area contributed by atoms with Gasteiger partial charge in [-0.05, 0) is 48.9 Å². The number of nitrogens with one attached hydrogen (secondary N) is 1. The molecule has 106 valence electrons. The molecular formula is C15H21F2NO. The summed E-state index contributed by atoms with van der Waals surface area (Å²) in [6.45, 7) is 5.28. The van der Waals surface area contributed by atoms with Crippen LogP contribution in [0.1, 0.15) is 25.3 Å². The van der Waals surface area contributed by atoms with Gasteiger partial charge in [-0.3, -0.25) is 0 Å².